The Kier molecular flexibility index (Phi) is 8.05. The predicted molar refractivity (Wildman–Crippen MR) is 98.5 cm³/mol. The van der Waals surface area contributed by atoms with Crippen molar-refractivity contribution in [3.8, 4) is 5.75 Å². The zero-order valence-electron chi connectivity index (χ0n) is 14.0. The molecule has 2 aromatic carbocycles. The molecular formula is C19H25ClN2O2. The molecule has 0 heterocycles. The lowest BCUT2D eigenvalue weighted by Crippen LogP contribution is -2.31. The van der Waals surface area contributed by atoms with Gasteiger partial charge in [0.05, 0.1) is 6.10 Å². The lowest BCUT2D eigenvalue weighted by atomic mass is 10.2. The van der Waals surface area contributed by atoms with Gasteiger partial charge in [-0.2, -0.15) is 0 Å². The summed E-state index contributed by atoms with van der Waals surface area (Å²) in [5.74, 6) is 0.863. The maximum Gasteiger partial charge on any atom is 0.124 e. The molecule has 4 nitrogen and oxygen atoms in total. The Hall–Kier alpha value is -1.59. The number of ether oxygens (including phenoxy) is 1. The average Bonchev–Trinajstić information content (AvgIpc) is 2.58. The molecule has 3 N–H and O–H groups in total. The quantitative estimate of drug-likeness (QED) is 0.578. The van der Waals surface area contributed by atoms with Gasteiger partial charge in [0.2, 0.25) is 0 Å². The monoisotopic (exact) mass is 348 g/mol. The first-order valence-corrected chi connectivity index (χ1v) is 8.58. The van der Waals surface area contributed by atoms with Gasteiger partial charge in [-0.25, -0.2) is 0 Å². The van der Waals surface area contributed by atoms with Crippen molar-refractivity contribution in [2.75, 3.05) is 19.6 Å². The molecule has 0 amide bonds. The van der Waals surface area contributed by atoms with Gasteiger partial charge in [-0.1, -0.05) is 48.0 Å². The molecule has 1 atom stereocenters. The van der Waals surface area contributed by atoms with E-state index < -0.39 is 0 Å². The van der Waals surface area contributed by atoms with Crippen LogP contribution in [0, 0.1) is 0 Å². The molecule has 0 unspecified atom stereocenters. The molecular weight excluding hydrogens is 324 g/mol. The minimum atomic E-state index is -0.316. The average molecular weight is 349 g/mol. The van der Waals surface area contributed by atoms with Crippen LogP contribution in [-0.4, -0.2) is 30.8 Å². The molecule has 24 heavy (non-hydrogen) atoms. The minimum Gasteiger partial charge on any atom is -0.489 e. The molecule has 0 bridgehead atoms. The second-order valence-electron chi connectivity index (χ2n) is 5.72. The fourth-order valence-corrected chi connectivity index (χ4v) is 2.46. The van der Waals surface area contributed by atoms with Crippen LogP contribution in [0.5, 0.6) is 5.75 Å². The van der Waals surface area contributed by atoms with Gasteiger partial charge >= 0.3 is 0 Å². The van der Waals surface area contributed by atoms with Crippen LogP contribution in [0.3, 0.4) is 0 Å². The highest BCUT2D eigenvalue weighted by atomic mass is 35.5. The van der Waals surface area contributed by atoms with Gasteiger partial charge < -0.3 is 20.5 Å². The molecule has 0 saturated carbocycles. The fraction of sp³-hybridized carbons (Fsp3) is 0.368. The highest BCUT2D eigenvalue weighted by molar-refractivity contribution is 6.31. The van der Waals surface area contributed by atoms with Crippen LogP contribution in [0.25, 0.3) is 0 Å². The molecule has 0 radical (unpaired) electrons. The summed E-state index contributed by atoms with van der Waals surface area (Å²) in [6.07, 6.45) is -0.316. The molecule has 0 aliphatic heterocycles. The lowest BCUT2D eigenvalue weighted by Gasteiger charge is -2.13. The van der Waals surface area contributed by atoms with Gasteiger partial charge in [0.25, 0.3) is 0 Å². The van der Waals surface area contributed by atoms with Crippen LogP contribution in [0.15, 0.2) is 48.5 Å². The molecule has 0 saturated heterocycles. The third-order valence-corrected chi connectivity index (χ3v) is 3.92. The zero-order valence-corrected chi connectivity index (χ0v) is 14.7. The predicted octanol–water partition coefficient (Wildman–Crippen LogP) is 2.98. The Bertz CT molecular complexity index is 620. The number of halogens is 1. The largest absolute Gasteiger partial charge is 0.489 e. The third kappa shape index (κ3) is 6.49. The molecule has 2 aromatic rings. The van der Waals surface area contributed by atoms with Crippen molar-refractivity contribution in [3.63, 3.8) is 0 Å². The topological polar surface area (TPSA) is 53.5 Å². The van der Waals surface area contributed by atoms with Crippen LogP contribution >= 0.6 is 11.6 Å². The van der Waals surface area contributed by atoms with E-state index in [1.807, 2.05) is 42.5 Å². The van der Waals surface area contributed by atoms with Gasteiger partial charge in [-0.3, -0.25) is 0 Å². The van der Waals surface area contributed by atoms with Gasteiger partial charge in [0, 0.05) is 42.3 Å². The fourth-order valence-electron chi connectivity index (χ4n) is 2.27. The van der Waals surface area contributed by atoms with Crippen LogP contribution in [0.1, 0.15) is 18.1 Å². The van der Waals surface area contributed by atoms with Crippen molar-refractivity contribution >= 4 is 11.6 Å². The zero-order chi connectivity index (χ0) is 17.2. The summed E-state index contributed by atoms with van der Waals surface area (Å²) in [6.45, 7) is 5.20. The number of nitrogens with one attached hydrogen (secondary N) is 2. The van der Waals surface area contributed by atoms with Crippen molar-refractivity contribution < 1.29 is 9.84 Å². The van der Waals surface area contributed by atoms with E-state index in [9.17, 15) is 5.11 Å². The van der Waals surface area contributed by atoms with E-state index in [1.54, 1.807) is 6.92 Å². The third-order valence-electron chi connectivity index (χ3n) is 3.55. The van der Waals surface area contributed by atoms with Crippen molar-refractivity contribution in [1.82, 2.24) is 10.6 Å². The molecule has 0 spiro atoms. The molecule has 2 rings (SSSR count). The number of aliphatic hydroxyl groups excluding tert-OH is 1. The molecule has 0 aromatic heterocycles. The number of benzene rings is 2. The lowest BCUT2D eigenvalue weighted by molar-refractivity contribution is 0.191. The van der Waals surface area contributed by atoms with Crippen LogP contribution in [0.2, 0.25) is 5.02 Å². The van der Waals surface area contributed by atoms with Gasteiger partial charge in [0.15, 0.2) is 0 Å². The van der Waals surface area contributed by atoms with Crippen molar-refractivity contribution in [1.29, 1.82) is 0 Å². The number of rotatable bonds is 10. The Balaban J connectivity index is 1.80. The van der Waals surface area contributed by atoms with E-state index in [0.717, 1.165) is 41.5 Å². The minimum absolute atomic E-state index is 0.316. The maximum atomic E-state index is 9.19. The van der Waals surface area contributed by atoms with E-state index >= 15 is 0 Å². The second kappa shape index (κ2) is 10.3. The van der Waals surface area contributed by atoms with Crippen molar-refractivity contribution in [2.24, 2.45) is 0 Å². The van der Waals surface area contributed by atoms with Crippen molar-refractivity contribution in [3.05, 3.63) is 64.7 Å². The Morgan fingerprint density at radius 1 is 1.00 bits per heavy atom. The van der Waals surface area contributed by atoms with E-state index in [2.05, 4.69) is 16.7 Å². The molecule has 0 fully saturated rings. The first kappa shape index (κ1) is 18.7. The van der Waals surface area contributed by atoms with E-state index in [1.165, 1.54) is 0 Å². The number of para-hydroxylation sites is 1. The number of hydrogen-bond donors (Lipinski definition) is 3. The highest BCUT2D eigenvalue weighted by Gasteiger charge is 2.05. The summed E-state index contributed by atoms with van der Waals surface area (Å²) in [5.41, 5.74) is 2.09. The first-order valence-electron chi connectivity index (χ1n) is 8.20. The number of aliphatic hydroxyl groups is 1. The molecule has 130 valence electrons. The Labute approximate surface area is 148 Å². The van der Waals surface area contributed by atoms with Crippen molar-refractivity contribution in [2.45, 2.75) is 26.2 Å². The SMILES string of the molecule is C[C@H](O)CNCCNCc1ccccc1OCc1ccccc1Cl. The summed E-state index contributed by atoms with van der Waals surface area (Å²) in [7, 11) is 0. The molecule has 5 heteroatoms. The van der Waals surface area contributed by atoms with Crippen LogP contribution in [-0.2, 0) is 13.2 Å². The van der Waals surface area contributed by atoms with E-state index in [0.29, 0.717) is 13.2 Å². The van der Waals surface area contributed by atoms with Gasteiger partial charge in [-0.05, 0) is 19.1 Å². The smallest absolute Gasteiger partial charge is 0.124 e. The maximum absolute atomic E-state index is 9.19. The van der Waals surface area contributed by atoms with Crippen LogP contribution in [0.4, 0.5) is 0 Å². The summed E-state index contributed by atoms with van der Waals surface area (Å²) in [6, 6.07) is 15.7. The van der Waals surface area contributed by atoms with Gasteiger partial charge in [-0.15, -0.1) is 0 Å². The van der Waals surface area contributed by atoms with Gasteiger partial charge in [0.1, 0.15) is 12.4 Å². The highest BCUT2D eigenvalue weighted by Crippen LogP contribution is 2.21. The Morgan fingerprint density at radius 3 is 2.42 bits per heavy atom. The van der Waals surface area contributed by atoms with E-state index in [4.69, 9.17) is 16.3 Å². The van der Waals surface area contributed by atoms with Crippen LogP contribution < -0.4 is 15.4 Å². The second-order valence-corrected chi connectivity index (χ2v) is 6.12. The normalized spacial score (nSPS) is 12.1. The Morgan fingerprint density at radius 2 is 1.67 bits per heavy atom. The molecule has 0 aliphatic carbocycles. The standard InChI is InChI=1S/C19H25ClN2O2/c1-15(23)12-21-10-11-22-13-16-6-3-5-9-19(16)24-14-17-7-2-4-8-18(17)20/h2-9,15,21-23H,10-14H2,1H3/t15-/m0/s1. The van der Waals surface area contributed by atoms with E-state index in [-0.39, 0.29) is 6.10 Å². The summed E-state index contributed by atoms with van der Waals surface area (Å²) < 4.78 is 5.94. The number of hydrogen-bond acceptors (Lipinski definition) is 4. The summed E-state index contributed by atoms with van der Waals surface area (Å²) >= 11 is 6.17. The summed E-state index contributed by atoms with van der Waals surface area (Å²) in [5, 5.41) is 16.5. The first-order chi connectivity index (χ1) is 11.7. The summed E-state index contributed by atoms with van der Waals surface area (Å²) in [4.78, 5) is 0. The molecule has 0 aliphatic rings.